The van der Waals surface area contributed by atoms with Gasteiger partial charge in [-0.05, 0) is 48.5 Å². The van der Waals surface area contributed by atoms with E-state index >= 15 is 0 Å². The van der Waals surface area contributed by atoms with E-state index in [1.54, 1.807) is 84.9 Å². The van der Waals surface area contributed by atoms with Crippen LogP contribution in [0.25, 0.3) is 0 Å². The Morgan fingerprint density at radius 2 is 1.00 bits per heavy atom. The second-order valence-corrected chi connectivity index (χ2v) is 14.8. The lowest BCUT2D eigenvalue weighted by atomic mass is 9.95. The Hall–Kier alpha value is -6.30. The van der Waals surface area contributed by atoms with Gasteiger partial charge in [0, 0.05) is 12.7 Å². The number of carbonyl (C=O) groups is 4. The molecule has 0 aromatic heterocycles. The number of hydrogen-bond donors (Lipinski definition) is 1. The van der Waals surface area contributed by atoms with Crippen LogP contribution in [0.15, 0.2) is 152 Å². The lowest BCUT2D eigenvalue weighted by Gasteiger charge is -2.49. The molecule has 8 rings (SSSR count). The van der Waals surface area contributed by atoms with E-state index in [1.807, 2.05) is 30.3 Å². The normalized spacial score (nSPS) is 27.8. The molecule has 0 aliphatic carbocycles. The molecule has 3 aliphatic heterocycles. The lowest BCUT2D eigenvalue weighted by Crippen LogP contribution is -2.67. The molecule has 15 nitrogen and oxygen atoms in total. The van der Waals surface area contributed by atoms with Gasteiger partial charge in [-0.3, -0.25) is 0 Å². The second-order valence-electron chi connectivity index (χ2n) is 14.8. The van der Waals surface area contributed by atoms with Gasteiger partial charge < -0.3 is 52.5 Å². The number of aliphatic hydroxyl groups is 1. The largest absolute Gasteiger partial charge is 0.459 e. The summed E-state index contributed by atoms with van der Waals surface area (Å²) < 4.78 is 61.4. The highest BCUT2D eigenvalue weighted by atomic mass is 16.8. The summed E-state index contributed by atoms with van der Waals surface area (Å²) in [5.74, 6) is -3.37. The molecule has 63 heavy (non-hydrogen) atoms. The molecule has 3 aliphatic rings. The summed E-state index contributed by atoms with van der Waals surface area (Å²) >= 11 is 0. The van der Waals surface area contributed by atoms with Gasteiger partial charge in [0.05, 0.1) is 28.9 Å². The minimum atomic E-state index is -1.75. The molecular formula is C48H44O15. The van der Waals surface area contributed by atoms with Crippen LogP contribution in [0.4, 0.5) is 0 Å². The first-order chi connectivity index (χ1) is 30.8. The van der Waals surface area contributed by atoms with Crippen molar-refractivity contribution in [2.45, 2.75) is 67.7 Å². The zero-order valence-corrected chi connectivity index (χ0v) is 33.9. The van der Waals surface area contributed by atoms with Crippen molar-refractivity contribution >= 4 is 23.9 Å². The quantitative estimate of drug-likeness (QED) is 0.116. The van der Waals surface area contributed by atoms with Crippen molar-refractivity contribution in [1.82, 2.24) is 0 Å². The number of esters is 4. The maximum absolute atomic E-state index is 14.0. The molecule has 1 unspecified atom stereocenters. The molecule has 326 valence electrons. The maximum atomic E-state index is 14.0. The van der Waals surface area contributed by atoms with Crippen molar-refractivity contribution in [3.63, 3.8) is 0 Å². The molecule has 0 bridgehead atoms. The Morgan fingerprint density at radius 3 is 1.51 bits per heavy atom. The number of ether oxygens (including phenoxy) is 10. The molecule has 3 saturated heterocycles. The van der Waals surface area contributed by atoms with E-state index in [4.69, 9.17) is 47.4 Å². The van der Waals surface area contributed by atoms with Gasteiger partial charge in [-0.2, -0.15) is 0 Å². The van der Waals surface area contributed by atoms with Crippen LogP contribution in [0.2, 0.25) is 0 Å². The van der Waals surface area contributed by atoms with E-state index in [-0.39, 0.29) is 28.9 Å². The van der Waals surface area contributed by atoms with Gasteiger partial charge in [0.15, 0.2) is 37.2 Å². The van der Waals surface area contributed by atoms with Gasteiger partial charge in [-0.1, -0.05) is 103 Å². The third-order valence-electron chi connectivity index (χ3n) is 10.6. The van der Waals surface area contributed by atoms with Crippen LogP contribution in [-0.4, -0.2) is 111 Å². The Kier molecular flexibility index (Phi) is 13.9. The van der Waals surface area contributed by atoms with E-state index in [9.17, 15) is 24.3 Å². The number of benzene rings is 5. The summed E-state index contributed by atoms with van der Waals surface area (Å²) in [6.07, 6.45) is -15.1. The summed E-state index contributed by atoms with van der Waals surface area (Å²) in [7, 11) is 1.34. The van der Waals surface area contributed by atoms with Gasteiger partial charge in [-0.25, -0.2) is 19.2 Å². The highest BCUT2D eigenvalue weighted by Gasteiger charge is 2.57. The van der Waals surface area contributed by atoms with Crippen molar-refractivity contribution in [1.29, 1.82) is 0 Å². The Bertz CT molecular complexity index is 2280. The monoisotopic (exact) mass is 860 g/mol. The number of rotatable bonds is 13. The number of fused-ring (bicyclic) bond motifs is 1. The highest BCUT2D eigenvalue weighted by molar-refractivity contribution is 5.91. The minimum absolute atomic E-state index is 0.0337. The molecule has 1 N–H and O–H groups in total. The molecule has 0 spiro atoms. The molecule has 0 radical (unpaired) electrons. The van der Waals surface area contributed by atoms with Gasteiger partial charge in [0.2, 0.25) is 0 Å². The zero-order valence-electron chi connectivity index (χ0n) is 33.9. The fourth-order valence-corrected chi connectivity index (χ4v) is 7.47. The summed E-state index contributed by atoms with van der Waals surface area (Å²) in [6, 6.07) is 41.3. The molecule has 3 heterocycles. The van der Waals surface area contributed by atoms with E-state index in [2.05, 4.69) is 0 Å². The fourth-order valence-electron chi connectivity index (χ4n) is 7.47. The van der Waals surface area contributed by atoms with Gasteiger partial charge in [0.1, 0.15) is 37.1 Å². The fraction of sp³-hybridized carbons (Fsp3) is 0.292. The number of carbonyl (C=O) groups excluding carboxylic acids is 4. The number of hydrogen-bond acceptors (Lipinski definition) is 15. The predicted molar refractivity (Wildman–Crippen MR) is 219 cm³/mol. The number of aliphatic hydroxyl groups excluding tert-OH is 1. The number of methoxy groups -OCH3 is 1. The van der Waals surface area contributed by atoms with E-state index < -0.39 is 98.2 Å². The average Bonchev–Trinajstić information content (AvgIpc) is 3.34. The molecule has 5 aromatic carbocycles. The zero-order chi connectivity index (χ0) is 43.7. The van der Waals surface area contributed by atoms with Crippen molar-refractivity contribution < 1.29 is 71.7 Å². The van der Waals surface area contributed by atoms with E-state index in [0.717, 1.165) is 0 Å². The van der Waals surface area contributed by atoms with Crippen molar-refractivity contribution in [2.24, 2.45) is 0 Å². The van der Waals surface area contributed by atoms with Crippen LogP contribution in [0.3, 0.4) is 0 Å². The first-order valence-corrected chi connectivity index (χ1v) is 20.3. The third kappa shape index (κ3) is 10.2. The SMILES string of the molecule is CO[C@@H]1O[C@@H]2COC(c3ccccc3)O[C@H]2[C@H](O)[C@H]1O[C@@H]1O[C@H](COC(=O)c2ccccc2)[C@@H](OC(=O)c2ccccc2)[C@H](OC(=O)c2ccccc2)[C@H]1OC(=O)c1ccccc1. The van der Waals surface area contributed by atoms with Crippen molar-refractivity contribution in [3.05, 3.63) is 179 Å². The van der Waals surface area contributed by atoms with Crippen molar-refractivity contribution in [3.8, 4) is 0 Å². The van der Waals surface area contributed by atoms with Crippen LogP contribution in [0, 0.1) is 0 Å². The van der Waals surface area contributed by atoms with Gasteiger partial charge in [0.25, 0.3) is 0 Å². The van der Waals surface area contributed by atoms with Crippen LogP contribution in [0.5, 0.6) is 0 Å². The van der Waals surface area contributed by atoms with Gasteiger partial charge >= 0.3 is 23.9 Å². The van der Waals surface area contributed by atoms with Crippen LogP contribution >= 0.6 is 0 Å². The molecule has 0 amide bonds. The van der Waals surface area contributed by atoms with Crippen LogP contribution < -0.4 is 0 Å². The Balaban J connectivity index is 1.18. The summed E-state index contributed by atoms with van der Waals surface area (Å²) in [5, 5.41) is 12.1. The molecule has 3 fully saturated rings. The van der Waals surface area contributed by atoms with Gasteiger partial charge in [-0.15, -0.1) is 0 Å². The molecular weight excluding hydrogens is 817 g/mol. The Morgan fingerprint density at radius 1 is 0.540 bits per heavy atom. The molecule has 11 atom stereocenters. The van der Waals surface area contributed by atoms with Crippen LogP contribution in [0.1, 0.15) is 53.3 Å². The van der Waals surface area contributed by atoms with Crippen LogP contribution in [-0.2, 0) is 47.4 Å². The molecule has 0 saturated carbocycles. The Labute approximate surface area is 362 Å². The topological polar surface area (TPSA) is 181 Å². The molecule has 15 heteroatoms. The standard InChI is InChI=1S/C48H44O15/c1-54-47-39(36(49)37-34(57-47)28-56-46(62-37)33-25-15-6-16-26-33)63-48-41(61-45(53)32-23-13-5-14-24-32)40(60-44(52)31-21-11-4-12-22-31)38(59-43(51)30-19-9-3-10-20-30)35(58-48)27-55-42(50)29-17-7-2-8-18-29/h2-26,34-41,46-49H,27-28H2,1H3/t34-,35-,36+,37-,38-,39-,40+,41-,46?,47-,48+/m1/s1. The second kappa shape index (κ2) is 20.3. The third-order valence-corrected chi connectivity index (χ3v) is 10.6. The average molecular weight is 861 g/mol. The first-order valence-electron chi connectivity index (χ1n) is 20.3. The minimum Gasteiger partial charge on any atom is -0.459 e. The maximum Gasteiger partial charge on any atom is 0.338 e. The summed E-state index contributed by atoms with van der Waals surface area (Å²) in [6.45, 7) is -0.549. The smallest absolute Gasteiger partial charge is 0.338 e. The summed E-state index contributed by atoms with van der Waals surface area (Å²) in [5.41, 5.74) is 1.27. The van der Waals surface area contributed by atoms with E-state index in [0.29, 0.717) is 5.56 Å². The lowest BCUT2D eigenvalue weighted by molar-refractivity contribution is -0.389. The first kappa shape index (κ1) is 43.4. The summed E-state index contributed by atoms with van der Waals surface area (Å²) in [4.78, 5) is 55.3. The molecule has 5 aromatic rings. The highest BCUT2D eigenvalue weighted by Crippen LogP contribution is 2.38. The predicted octanol–water partition coefficient (Wildman–Crippen LogP) is 5.48. The van der Waals surface area contributed by atoms with Crippen molar-refractivity contribution in [2.75, 3.05) is 20.3 Å². The van der Waals surface area contributed by atoms with E-state index in [1.165, 1.54) is 43.5 Å².